The van der Waals surface area contributed by atoms with E-state index >= 15 is 0 Å². The maximum absolute atomic E-state index is 12.5. The molecule has 1 aliphatic carbocycles. The topological polar surface area (TPSA) is 76.1 Å². The number of hydrogen-bond acceptors (Lipinski definition) is 7. The van der Waals surface area contributed by atoms with Gasteiger partial charge in [0.1, 0.15) is 5.75 Å². The average Bonchev–Trinajstić information content (AvgIpc) is 3.28. The first-order chi connectivity index (χ1) is 12.0. The summed E-state index contributed by atoms with van der Waals surface area (Å²) in [5.74, 6) is 0.407. The minimum atomic E-state index is -0.317. The van der Waals surface area contributed by atoms with Gasteiger partial charge >= 0.3 is 0 Å². The summed E-state index contributed by atoms with van der Waals surface area (Å²) in [4.78, 5) is 12.5. The molecule has 0 bridgehead atoms. The Labute approximate surface area is 159 Å². The lowest BCUT2D eigenvalue weighted by atomic mass is 10.2. The molecule has 9 heteroatoms. The van der Waals surface area contributed by atoms with Crippen molar-refractivity contribution >= 4 is 51.4 Å². The van der Waals surface area contributed by atoms with Gasteiger partial charge in [-0.1, -0.05) is 34.7 Å². The number of anilines is 2. The van der Waals surface area contributed by atoms with Crippen molar-refractivity contribution in [3.8, 4) is 5.75 Å². The van der Waals surface area contributed by atoms with Crippen LogP contribution in [0.2, 0.25) is 5.02 Å². The van der Waals surface area contributed by atoms with E-state index in [1.165, 1.54) is 35.9 Å². The van der Waals surface area contributed by atoms with Crippen molar-refractivity contribution in [2.75, 3.05) is 17.7 Å². The number of nitrogens with zero attached hydrogens (tertiary/aromatic N) is 2. The number of aryl methyl sites for hydroxylation is 1. The molecule has 0 aliphatic heterocycles. The monoisotopic (exact) mass is 398 g/mol. The number of methoxy groups -OCH3 is 1. The maximum Gasteiger partial charge on any atom is 0.237 e. The molecule has 1 saturated carbocycles. The lowest BCUT2D eigenvalue weighted by Crippen LogP contribution is -2.22. The summed E-state index contributed by atoms with van der Waals surface area (Å²) >= 11 is 8.96. The van der Waals surface area contributed by atoms with Gasteiger partial charge in [-0.05, 0) is 38.3 Å². The molecule has 0 saturated heterocycles. The first kappa shape index (κ1) is 18.3. The Morgan fingerprint density at radius 2 is 2.20 bits per heavy atom. The van der Waals surface area contributed by atoms with Crippen LogP contribution in [0.25, 0.3) is 0 Å². The molecular formula is C16H19ClN4O2S2. The lowest BCUT2D eigenvalue weighted by Gasteiger charge is -2.14. The Morgan fingerprint density at radius 3 is 2.88 bits per heavy atom. The zero-order valence-electron chi connectivity index (χ0n) is 14.1. The molecule has 1 heterocycles. The third-order valence-corrected chi connectivity index (χ3v) is 6.14. The summed E-state index contributed by atoms with van der Waals surface area (Å²) in [7, 11) is 1.55. The Hall–Kier alpha value is -1.51. The fraction of sp³-hybridized carbons (Fsp3) is 0.438. The molecule has 1 aromatic carbocycles. The number of benzene rings is 1. The number of ether oxygens (including phenoxy) is 1. The molecule has 6 nitrogen and oxygen atoms in total. The molecule has 134 valence electrons. The quantitative estimate of drug-likeness (QED) is 0.680. The van der Waals surface area contributed by atoms with Crippen LogP contribution < -0.4 is 15.4 Å². The van der Waals surface area contributed by atoms with Gasteiger partial charge < -0.3 is 15.4 Å². The number of rotatable bonds is 7. The largest absolute Gasteiger partial charge is 0.495 e. The fourth-order valence-electron chi connectivity index (χ4n) is 2.09. The van der Waals surface area contributed by atoms with Crippen molar-refractivity contribution in [2.45, 2.75) is 42.3 Å². The highest BCUT2D eigenvalue weighted by molar-refractivity contribution is 8.02. The van der Waals surface area contributed by atoms with Gasteiger partial charge in [0.25, 0.3) is 0 Å². The summed E-state index contributed by atoms with van der Waals surface area (Å²) in [6.07, 6.45) is 2.37. The Morgan fingerprint density at radius 1 is 1.44 bits per heavy atom. The molecule has 2 N–H and O–H groups in total. The molecule has 1 atom stereocenters. The van der Waals surface area contributed by atoms with Crippen molar-refractivity contribution in [3.63, 3.8) is 0 Å². The van der Waals surface area contributed by atoms with Gasteiger partial charge in [0.05, 0.1) is 18.0 Å². The smallest absolute Gasteiger partial charge is 0.237 e. The van der Waals surface area contributed by atoms with Crippen molar-refractivity contribution < 1.29 is 9.53 Å². The number of nitrogens with one attached hydrogen (secondary N) is 2. The van der Waals surface area contributed by atoms with E-state index in [0.29, 0.717) is 22.5 Å². The average molecular weight is 399 g/mol. The highest BCUT2D eigenvalue weighted by Crippen LogP contribution is 2.34. The summed E-state index contributed by atoms with van der Waals surface area (Å²) in [6.45, 7) is 3.72. The van der Waals surface area contributed by atoms with Crippen molar-refractivity contribution in [3.05, 3.63) is 22.7 Å². The normalized spacial score (nSPS) is 14.9. The third kappa shape index (κ3) is 4.77. The number of carbonyl (C=O) groups excluding carboxylic acids is 1. The van der Waals surface area contributed by atoms with Gasteiger partial charge in [-0.15, -0.1) is 10.2 Å². The lowest BCUT2D eigenvalue weighted by molar-refractivity contribution is -0.115. The number of hydrogen-bond donors (Lipinski definition) is 2. The molecule has 2 aromatic rings. The first-order valence-electron chi connectivity index (χ1n) is 7.88. The van der Waals surface area contributed by atoms with Crippen LogP contribution in [-0.4, -0.2) is 34.5 Å². The maximum atomic E-state index is 12.5. The fourth-order valence-corrected chi connectivity index (χ4v) is 4.21. The van der Waals surface area contributed by atoms with Crippen LogP contribution in [0.4, 0.5) is 10.8 Å². The number of thioether (sulfide) groups is 1. The molecule has 1 unspecified atom stereocenters. The van der Waals surface area contributed by atoms with E-state index in [-0.39, 0.29) is 11.2 Å². The van der Waals surface area contributed by atoms with E-state index in [0.717, 1.165) is 15.0 Å². The van der Waals surface area contributed by atoms with E-state index in [9.17, 15) is 4.79 Å². The first-order valence-corrected chi connectivity index (χ1v) is 9.95. The zero-order valence-corrected chi connectivity index (χ0v) is 16.5. The number of amides is 1. The number of aromatic nitrogens is 2. The van der Waals surface area contributed by atoms with E-state index in [2.05, 4.69) is 20.8 Å². The summed E-state index contributed by atoms with van der Waals surface area (Å²) in [5, 5.41) is 15.5. The standard InChI is InChI=1S/C16H19ClN4O2S2/c1-8-6-12(13(23-3)7-11(8)17)19-14(22)9(2)24-16-21-20-15(25-16)18-10-4-5-10/h6-7,9-10H,4-5H2,1-3H3,(H,18,20)(H,19,22). The molecule has 1 fully saturated rings. The highest BCUT2D eigenvalue weighted by atomic mass is 35.5. The van der Waals surface area contributed by atoms with Crippen molar-refractivity contribution in [1.29, 1.82) is 0 Å². The second-order valence-electron chi connectivity index (χ2n) is 5.84. The van der Waals surface area contributed by atoms with Crippen LogP contribution in [0.5, 0.6) is 5.75 Å². The summed E-state index contributed by atoms with van der Waals surface area (Å²) in [5.41, 5.74) is 1.48. The molecule has 1 aliphatic rings. The minimum absolute atomic E-state index is 0.128. The molecular weight excluding hydrogens is 380 g/mol. The molecule has 0 spiro atoms. The van der Waals surface area contributed by atoms with Crippen molar-refractivity contribution in [2.24, 2.45) is 0 Å². The van der Waals surface area contributed by atoms with Crippen LogP contribution in [0, 0.1) is 6.92 Å². The highest BCUT2D eigenvalue weighted by Gasteiger charge is 2.23. The summed E-state index contributed by atoms with van der Waals surface area (Å²) in [6, 6.07) is 4.04. The summed E-state index contributed by atoms with van der Waals surface area (Å²) < 4.78 is 6.06. The third-order valence-electron chi connectivity index (χ3n) is 3.70. The van der Waals surface area contributed by atoms with E-state index < -0.39 is 0 Å². The van der Waals surface area contributed by atoms with E-state index in [4.69, 9.17) is 16.3 Å². The Kier molecular flexibility index (Phi) is 5.71. The molecule has 3 rings (SSSR count). The Balaban J connectivity index is 1.62. The molecule has 0 radical (unpaired) electrons. The van der Waals surface area contributed by atoms with Gasteiger partial charge in [0.2, 0.25) is 11.0 Å². The van der Waals surface area contributed by atoms with Gasteiger partial charge in [-0.3, -0.25) is 4.79 Å². The van der Waals surface area contributed by atoms with Crippen LogP contribution >= 0.6 is 34.7 Å². The molecule has 1 aromatic heterocycles. The van der Waals surface area contributed by atoms with Gasteiger partial charge in [0.15, 0.2) is 4.34 Å². The second kappa shape index (κ2) is 7.80. The van der Waals surface area contributed by atoms with Crippen LogP contribution in [0.3, 0.4) is 0 Å². The molecule has 1 amide bonds. The van der Waals surface area contributed by atoms with Gasteiger partial charge in [-0.25, -0.2) is 0 Å². The van der Waals surface area contributed by atoms with E-state index in [1.807, 2.05) is 13.8 Å². The van der Waals surface area contributed by atoms with Crippen LogP contribution in [-0.2, 0) is 4.79 Å². The van der Waals surface area contributed by atoms with Crippen LogP contribution in [0.1, 0.15) is 25.3 Å². The predicted octanol–water partition coefficient (Wildman–Crippen LogP) is 4.20. The van der Waals surface area contributed by atoms with Crippen molar-refractivity contribution in [1.82, 2.24) is 10.2 Å². The number of carbonyl (C=O) groups is 1. The van der Waals surface area contributed by atoms with Gasteiger partial charge in [0, 0.05) is 17.1 Å². The Bertz CT molecular complexity index is 779. The second-order valence-corrected chi connectivity index (χ2v) is 8.82. The van der Waals surface area contributed by atoms with E-state index in [1.54, 1.807) is 19.2 Å². The predicted molar refractivity (Wildman–Crippen MR) is 103 cm³/mol. The van der Waals surface area contributed by atoms with Crippen LogP contribution in [0.15, 0.2) is 16.5 Å². The minimum Gasteiger partial charge on any atom is -0.495 e. The molecule has 25 heavy (non-hydrogen) atoms. The van der Waals surface area contributed by atoms with Gasteiger partial charge in [-0.2, -0.15) is 0 Å². The number of halogens is 1. The zero-order chi connectivity index (χ0) is 18.0. The SMILES string of the molecule is COc1cc(Cl)c(C)cc1NC(=O)C(C)Sc1nnc(NC2CC2)s1.